The number of hydrogen-bond donors (Lipinski definition) is 0. The number of methoxy groups -OCH3 is 1. The third-order valence-corrected chi connectivity index (χ3v) is 3.76. The lowest BCUT2D eigenvalue weighted by Gasteiger charge is -2.13. The van der Waals surface area contributed by atoms with Crippen LogP contribution < -0.4 is 5.56 Å². The molecule has 0 amide bonds. The van der Waals surface area contributed by atoms with E-state index in [1.807, 2.05) is 24.3 Å². The standard InChI is InChI=1S/C15H15NO3/c1-19-14(17)9-16-13-8-3-2-5-11(13)10-6-4-7-12(10)15(16)18/h2-3,5,8H,4,6-7,9H2,1H3. The first kappa shape index (κ1) is 12.0. The van der Waals surface area contributed by atoms with Gasteiger partial charge < -0.3 is 4.74 Å². The molecule has 4 nitrogen and oxygen atoms in total. The number of pyridine rings is 1. The summed E-state index contributed by atoms with van der Waals surface area (Å²) >= 11 is 0. The van der Waals surface area contributed by atoms with Gasteiger partial charge in [0, 0.05) is 10.9 Å². The van der Waals surface area contributed by atoms with Crippen LogP contribution in [-0.2, 0) is 28.9 Å². The van der Waals surface area contributed by atoms with E-state index in [4.69, 9.17) is 0 Å². The second-order valence-electron chi connectivity index (χ2n) is 4.80. The molecule has 1 aromatic heterocycles. The zero-order valence-electron chi connectivity index (χ0n) is 10.8. The van der Waals surface area contributed by atoms with Crippen molar-refractivity contribution in [3.8, 4) is 0 Å². The van der Waals surface area contributed by atoms with Gasteiger partial charge in [0.2, 0.25) is 0 Å². The number of esters is 1. The van der Waals surface area contributed by atoms with Crippen molar-refractivity contribution in [2.45, 2.75) is 25.8 Å². The minimum absolute atomic E-state index is 0.0247. The van der Waals surface area contributed by atoms with Crippen LogP contribution in [0, 0.1) is 0 Å². The molecule has 0 atom stereocenters. The summed E-state index contributed by atoms with van der Waals surface area (Å²) in [6, 6.07) is 7.76. The molecule has 0 saturated carbocycles. The summed E-state index contributed by atoms with van der Waals surface area (Å²) in [6.45, 7) is -0.0247. The first-order chi connectivity index (χ1) is 9.22. The van der Waals surface area contributed by atoms with Crippen molar-refractivity contribution in [2.24, 2.45) is 0 Å². The molecule has 3 rings (SSSR count). The zero-order chi connectivity index (χ0) is 13.4. The Labute approximate surface area is 110 Å². The van der Waals surface area contributed by atoms with Crippen LogP contribution in [0.5, 0.6) is 0 Å². The first-order valence-electron chi connectivity index (χ1n) is 6.42. The molecule has 1 aliphatic carbocycles. The Morgan fingerprint density at radius 2 is 2.00 bits per heavy atom. The van der Waals surface area contributed by atoms with E-state index in [0.29, 0.717) is 0 Å². The van der Waals surface area contributed by atoms with Gasteiger partial charge >= 0.3 is 5.97 Å². The summed E-state index contributed by atoms with van der Waals surface area (Å²) in [5.41, 5.74) is 2.79. The van der Waals surface area contributed by atoms with Gasteiger partial charge in [0.25, 0.3) is 5.56 Å². The SMILES string of the molecule is COC(=O)Cn1c(=O)c2c(c3ccccc31)CCC2. The van der Waals surface area contributed by atoms with Gasteiger partial charge in [0.1, 0.15) is 6.54 Å². The molecule has 0 fully saturated rings. The molecule has 0 aliphatic heterocycles. The minimum atomic E-state index is -0.398. The number of carbonyl (C=O) groups excluding carboxylic acids is 1. The fourth-order valence-electron chi connectivity index (χ4n) is 2.86. The second kappa shape index (κ2) is 4.53. The third-order valence-electron chi connectivity index (χ3n) is 3.76. The molecule has 1 heterocycles. The molecule has 4 heteroatoms. The van der Waals surface area contributed by atoms with E-state index in [1.165, 1.54) is 11.7 Å². The van der Waals surface area contributed by atoms with Crippen LogP contribution in [-0.4, -0.2) is 17.6 Å². The van der Waals surface area contributed by atoms with Gasteiger partial charge in [0.05, 0.1) is 12.6 Å². The van der Waals surface area contributed by atoms with E-state index in [2.05, 4.69) is 4.74 Å². The van der Waals surface area contributed by atoms with Crippen LogP contribution >= 0.6 is 0 Å². The summed E-state index contributed by atoms with van der Waals surface area (Å²) in [5.74, 6) is -0.398. The molecule has 0 spiro atoms. The molecular formula is C15H15NO3. The van der Waals surface area contributed by atoms with Gasteiger partial charge in [-0.3, -0.25) is 14.2 Å². The largest absolute Gasteiger partial charge is 0.468 e. The highest BCUT2D eigenvalue weighted by Gasteiger charge is 2.21. The maximum atomic E-state index is 12.5. The summed E-state index contributed by atoms with van der Waals surface area (Å²) in [5, 5.41) is 1.08. The Kier molecular flexibility index (Phi) is 2.85. The Hall–Kier alpha value is -2.10. The topological polar surface area (TPSA) is 48.3 Å². The molecule has 1 aliphatic rings. The molecule has 19 heavy (non-hydrogen) atoms. The predicted octanol–water partition coefficient (Wildman–Crippen LogP) is 1.66. The van der Waals surface area contributed by atoms with E-state index in [-0.39, 0.29) is 12.1 Å². The number of carbonyl (C=O) groups is 1. The average Bonchev–Trinajstić information content (AvgIpc) is 2.93. The number of nitrogens with zero attached hydrogens (tertiary/aromatic N) is 1. The van der Waals surface area contributed by atoms with Gasteiger partial charge in [-0.1, -0.05) is 18.2 Å². The van der Waals surface area contributed by atoms with E-state index in [1.54, 1.807) is 0 Å². The number of aromatic nitrogens is 1. The van der Waals surface area contributed by atoms with E-state index >= 15 is 0 Å². The number of aryl methyl sites for hydroxylation is 1. The Balaban J connectivity index is 2.31. The molecule has 0 unspecified atom stereocenters. The monoisotopic (exact) mass is 257 g/mol. The first-order valence-corrected chi connectivity index (χ1v) is 6.42. The summed E-state index contributed by atoms with van der Waals surface area (Å²) in [7, 11) is 1.34. The summed E-state index contributed by atoms with van der Waals surface area (Å²) in [4.78, 5) is 24.0. The van der Waals surface area contributed by atoms with Crippen LogP contribution in [0.1, 0.15) is 17.5 Å². The van der Waals surface area contributed by atoms with Crippen LogP contribution in [0.2, 0.25) is 0 Å². The maximum absolute atomic E-state index is 12.5. The zero-order valence-corrected chi connectivity index (χ0v) is 10.8. The highest BCUT2D eigenvalue weighted by Crippen LogP contribution is 2.27. The normalized spacial score (nSPS) is 13.5. The van der Waals surface area contributed by atoms with E-state index in [0.717, 1.165) is 41.3 Å². The molecule has 98 valence electrons. The highest BCUT2D eigenvalue weighted by atomic mass is 16.5. The Morgan fingerprint density at radius 1 is 1.26 bits per heavy atom. The minimum Gasteiger partial charge on any atom is -0.468 e. The van der Waals surface area contributed by atoms with Gasteiger partial charge in [-0.2, -0.15) is 0 Å². The van der Waals surface area contributed by atoms with Crippen molar-refractivity contribution in [3.05, 3.63) is 45.7 Å². The lowest BCUT2D eigenvalue weighted by atomic mass is 10.1. The number of rotatable bonds is 2. The summed E-state index contributed by atoms with van der Waals surface area (Å²) in [6.07, 6.45) is 2.77. The van der Waals surface area contributed by atoms with E-state index < -0.39 is 5.97 Å². The number of ether oxygens (including phenoxy) is 1. The molecule has 0 radical (unpaired) electrons. The molecule has 0 saturated heterocycles. The van der Waals surface area contributed by atoms with Crippen LogP contribution in [0.4, 0.5) is 0 Å². The Bertz CT molecular complexity index is 715. The van der Waals surface area contributed by atoms with Crippen molar-refractivity contribution in [2.75, 3.05) is 7.11 Å². The highest BCUT2D eigenvalue weighted by molar-refractivity contribution is 5.85. The second-order valence-corrected chi connectivity index (χ2v) is 4.80. The quantitative estimate of drug-likeness (QED) is 0.769. The van der Waals surface area contributed by atoms with Gasteiger partial charge in [-0.25, -0.2) is 0 Å². The van der Waals surface area contributed by atoms with Crippen molar-refractivity contribution in [3.63, 3.8) is 0 Å². The Morgan fingerprint density at radius 3 is 2.79 bits per heavy atom. The van der Waals surface area contributed by atoms with Crippen LogP contribution in [0.25, 0.3) is 10.9 Å². The number of para-hydroxylation sites is 1. The third kappa shape index (κ3) is 1.84. The maximum Gasteiger partial charge on any atom is 0.325 e. The van der Waals surface area contributed by atoms with Crippen molar-refractivity contribution in [1.82, 2.24) is 4.57 Å². The fourth-order valence-corrected chi connectivity index (χ4v) is 2.86. The lowest BCUT2D eigenvalue weighted by molar-refractivity contribution is -0.141. The predicted molar refractivity (Wildman–Crippen MR) is 72.2 cm³/mol. The summed E-state index contributed by atoms with van der Waals surface area (Å²) < 4.78 is 6.21. The smallest absolute Gasteiger partial charge is 0.325 e. The van der Waals surface area contributed by atoms with Gasteiger partial charge in [0.15, 0.2) is 0 Å². The molecule has 0 N–H and O–H groups in total. The van der Waals surface area contributed by atoms with E-state index in [9.17, 15) is 9.59 Å². The van der Waals surface area contributed by atoms with Crippen molar-refractivity contribution >= 4 is 16.9 Å². The molecule has 0 bridgehead atoms. The molecular weight excluding hydrogens is 242 g/mol. The molecule has 2 aromatic rings. The van der Waals surface area contributed by atoms with Crippen LogP contribution in [0.15, 0.2) is 29.1 Å². The fraction of sp³-hybridized carbons (Fsp3) is 0.333. The number of benzene rings is 1. The lowest BCUT2D eigenvalue weighted by Crippen LogP contribution is -2.28. The molecule has 1 aromatic carbocycles. The van der Waals surface area contributed by atoms with Crippen molar-refractivity contribution in [1.29, 1.82) is 0 Å². The van der Waals surface area contributed by atoms with Crippen molar-refractivity contribution < 1.29 is 9.53 Å². The number of fused-ring (bicyclic) bond motifs is 3. The van der Waals surface area contributed by atoms with Gasteiger partial charge in [-0.15, -0.1) is 0 Å². The van der Waals surface area contributed by atoms with Crippen LogP contribution in [0.3, 0.4) is 0 Å². The average molecular weight is 257 g/mol. The van der Waals surface area contributed by atoms with Gasteiger partial charge in [-0.05, 0) is 30.9 Å². The number of hydrogen-bond acceptors (Lipinski definition) is 3.